The first-order chi connectivity index (χ1) is 17.4. The molecule has 1 aliphatic rings. The number of aryl methyl sites for hydroxylation is 1. The molecule has 7 heteroatoms. The highest BCUT2D eigenvalue weighted by atomic mass is 19.1. The van der Waals surface area contributed by atoms with Crippen molar-refractivity contribution < 1.29 is 13.9 Å². The van der Waals surface area contributed by atoms with Gasteiger partial charge < -0.3 is 19.1 Å². The van der Waals surface area contributed by atoms with Gasteiger partial charge in [0.1, 0.15) is 11.6 Å². The summed E-state index contributed by atoms with van der Waals surface area (Å²) >= 11 is 0. The number of benzene rings is 2. The maximum atomic E-state index is 13.8. The van der Waals surface area contributed by atoms with Gasteiger partial charge in [-0.05, 0) is 83.2 Å². The molecule has 1 saturated heterocycles. The number of nitrogens with zero attached hydrogens (tertiary/aromatic N) is 4. The monoisotopic (exact) mass is 494 g/mol. The highest BCUT2D eigenvalue weighted by molar-refractivity contribution is 6.08. The molecule has 0 unspecified atom stereocenters. The minimum atomic E-state index is -0.200. The summed E-state index contributed by atoms with van der Waals surface area (Å²) in [6.07, 6.45) is 1.90. The number of aromatic nitrogens is 1. The van der Waals surface area contributed by atoms with E-state index in [4.69, 9.17) is 4.74 Å². The number of carbonyl (C=O) groups excluding carboxylic acids is 1. The van der Waals surface area contributed by atoms with E-state index in [1.165, 1.54) is 12.1 Å². The van der Waals surface area contributed by atoms with Crippen molar-refractivity contribution in [1.29, 1.82) is 0 Å². The molecule has 1 fully saturated rings. The van der Waals surface area contributed by atoms with Crippen molar-refractivity contribution in [3.05, 3.63) is 65.1 Å². The van der Waals surface area contributed by atoms with Gasteiger partial charge in [0.2, 0.25) is 0 Å². The predicted octanol–water partition coefficient (Wildman–Crippen LogP) is 4.44. The lowest BCUT2D eigenvalue weighted by molar-refractivity contribution is 0.0639. The standard InChI is InChI=1S/C29H39FN4O2/c1-5-36-25-11-12-27-26(21-25)28(22(2)34(27)15-6-14-31(3)4)29(35)33-19-17-32(18-20-33)16-13-23-7-9-24(30)10-8-23/h7-12,21H,5-6,13-20H2,1-4H3. The third-order valence-electron chi connectivity index (χ3n) is 7.10. The summed E-state index contributed by atoms with van der Waals surface area (Å²) in [5.41, 5.74) is 4.06. The van der Waals surface area contributed by atoms with Gasteiger partial charge in [-0.25, -0.2) is 4.39 Å². The lowest BCUT2D eigenvalue weighted by Gasteiger charge is -2.35. The van der Waals surface area contributed by atoms with Crippen LogP contribution in [0.1, 0.15) is 35.0 Å². The Kier molecular flexibility index (Phi) is 8.64. The lowest BCUT2D eigenvalue weighted by atomic mass is 10.1. The molecular weight excluding hydrogens is 455 g/mol. The van der Waals surface area contributed by atoms with Gasteiger partial charge in [0.25, 0.3) is 5.91 Å². The Labute approximate surface area is 214 Å². The molecule has 2 aromatic carbocycles. The van der Waals surface area contributed by atoms with Crippen molar-refractivity contribution in [1.82, 2.24) is 19.3 Å². The molecule has 0 aliphatic carbocycles. The number of piperazine rings is 1. The predicted molar refractivity (Wildman–Crippen MR) is 143 cm³/mol. The molecule has 0 bridgehead atoms. The van der Waals surface area contributed by atoms with E-state index in [1.54, 1.807) is 0 Å². The Bertz CT molecular complexity index is 1160. The molecule has 0 atom stereocenters. The van der Waals surface area contributed by atoms with Gasteiger partial charge in [-0.15, -0.1) is 0 Å². The maximum absolute atomic E-state index is 13.8. The van der Waals surface area contributed by atoms with Gasteiger partial charge in [0, 0.05) is 55.9 Å². The Morgan fingerprint density at radius 2 is 1.75 bits per heavy atom. The SMILES string of the molecule is CCOc1ccc2c(c1)c(C(=O)N1CCN(CCc3ccc(F)cc3)CC1)c(C)n2CCCN(C)C. The fourth-order valence-electron chi connectivity index (χ4n) is 5.09. The second kappa shape index (κ2) is 11.9. The number of ether oxygens (including phenoxy) is 1. The van der Waals surface area contributed by atoms with Gasteiger partial charge in [-0.3, -0.25) is 9.69 Å². The van der Waals surface area contributed by atoms with Crippen LogP contribution >= 0.6 is 0 Å². The van der Waals surface area contributed by atoms with Crippen LogP contribution in [0.2, 0.25) is 0 Å². The molecule has 0 saturated carbocycles. The number of rotatable bonds is 10. The normalized spacial score (nSPS) is 14.7. The number of amides is 1. The summed E-state index contributed by atoms with van der Waals surface area (Å²) in [5, 5.41) is 0.979. The number of hydrogen-bond acceptors (Lipinski definition) is 4. The molecule has 0 radical (unpaired) electrons. The number of hydrogen-bond donors (Lipinski definition) is 0. The van der Waals surface area contributed by atoms with E-state index in [1.807, 2.05) is 36.1 Å². The molecule has 1 aromatic heterocycles. The van der Waals surface area contributed by atoms with Gasteiger partial charge >= 0.3 is 0 Å². The Morgan fingerprint density at radius 1 is 1.03 bits per heavy atom. The van der Waals surface area contributed by atoms with Crippen LogP contribution in [0.25, 0.3) is 10.9 Å². The second-order valence-corrected chi connectivity index (χ2v) is 9.89. The highest BCUT2D eigenvalue weighted by Gasteiger charge is 2.27. The molecule has 1 aliphatic heterocycles. The van der Waals surface area contributed by atoms with E-state index in [-0.39, 0.29) is 11.7 Å². The van der Waals surface area contributed by atoms with Crippen LogP contribution in [-0.2, 0) is 13.0 Å². The van der Waals surface area contributed by atoms with Crippen LogP contribution in [0.15, 0.2) is 42.5 Å². The van der Waals surface area contributed by atoms with Gasteiger partial charge in [-0.2, -0.15) is 0 Å². The molecule has 4 rings (SSSR count). The number of halogens is 1. The molecule has 3 aromatic rings. The highest BCUT2D eigenvalue weighted by Crippen LogP contribution is 2.31. The zero-order valence-electron chi connectivity index (χ0n) is 22.1. The minimum Gasteiger partial charge on any atom is -0.494 e. The summed E-state index contributed by atoms with van der Waals surface area (Å²) < 4.78 is 21.2. The minimum absolute atomic E-state index is 0.107. The van der Waals surface area contributed by atoms with E-state index in [2.05, 4.69) is 41.5 Å². The van der Waals surface area contributed by atoms with Crippen LogP contribution in [0.4, 0.5) is 4.39 Å². The fourth-order valence-corrected chi connectivity index (χ4v) is 5.09. The van der Waals surface area contributed by atoms with E-state index < -0.39 is 0 Å². The molecule has 0 N–H and O–H groups in total. The maximum Gasteiger partial charge on any atom is 0.256 e. The Balaban J connectivity index is 1.48. The summed E-state index contributed by atoms with van der Waals surface area (Å²) in [6, 6.07) is 12.9. The van der Waals surface area contributed by atoms with E-state index in [0.29, 0.717) is 19.7 Å². The van der Waals surface area contributed by atoms with Crippen molar-refractivity contribution in [2.45, 2.75) is 33.2 Å². The topological polar surface area (TPSA) is 41.0 Å². The van der Waals surface area contributed by atoms with Crippen LogP contribution < -0.4 is 4.74 Å². The van der Waals surface area contributed by atoms with E-state index in [9.17, 15) is 9.18 Å². The molecule has 2 heterocycles. The summed E-state index contributed by atoms with van der Waals surface area (Å²) in [6.45, 7) is 10.5. The van der Waals surface area contributed by atoms with Crippen molar-refractivity contribution in [3.63, 3.8) is 0 Å². The van der Waals surface area contributed by atoms with Crippen molar-refractivity contribution in [2.75, 3.05) is 60.0 Å². The van der Waals surface area contributed by atoms with E-state index in [0.717, 1.165) is 79.0 Å². The molecule has 6 nitrogen and oxygen atoms in total. The van der Waals surface area contributed by atoms with Crippen molar-refractivity contribution >= 4 is 16.8 Å². The lowest BCUT2D eigenvalue weighted by Crippen LogP contribution is -2.49. The summed E-state index contributed by atoms with van der Waals surface area (Å²) in [5.74, 6) is 0.708. The second-order valence-electron chi connectivity index (χ2n) is 9.89. The molecule has 1 amide bonds. The van der Waals surface area contributed by atoms with Crippen molar-refractivity contribution in [2.24, 2.45) is 0 Å². The zero-order valence-corrected chi connectivity index (χ0v) is 22.1. The van der Waals surface area contributed by atoms with Gasteiger partial charge in [0.05, 0.1) is 12.2 Å². The van der Waals surface area contributed by atoms with Crippen LogP contribution in [0, 0.1) is 12.7 Å². The quantitative estimate of drug-likeness (QED) is 0.418. The molecule has 0 spiro atoms. The molecular formula is C29H39FN4O2. The summed E-state index contributed by atoms with van der Waals surface area (Å²) in [7, 11) is 4.17. The zero-order chi connectivity index (χ0) is 25.7. The van der Waals surface area contributed by atoms with Gasteiger partial charge in [-0.1, -0.05) is 12.1 Å². The largest absolute Gasteiger partial charge is 0.494 e. The average Bonchev–Trinajstić information content (AvgIpc) is 3.14. The molecule has 194 valence electrons. The van der Waals surface area contributed by atoms with Crippen LogP contribution in [0.3, 0.4) is 0 Å². The third kappa shape index (κ3) is 6.08. The smallest absolute Gasteiger partial charge is 0.256 e. The first-order valence-corrected chi connectivity index (χ1v) is 13.0. The number of fused-ring (bicyclic) bond motifs is 1. The van der Waals surface area contributed by atoms with Gasteiger partial charge in [0.15, 0.2) is 0 Å². The Hall–Kier alpha value is -2.90. The fraction of sp³-hybridized carbons (Fsp3) is 0.483. The summed E-state index contributed by atoms with van der Waals surface area (Å²) in [4.78, 5) is 20.4. The average molecular weight is 495 g/mol. The van der Waals surface area contributed by atoms with Crippen LogP contribution in [-0.4, -0.2) is 85.1 Å². The first-order valence-electron chi connectivity index (χ1n) is 13.0. The van der Waals surface area contributed by atoms with Crippen LogP contribution in [0.5, 0.6) is 5.75 Å². The molecule has 36 heavy (non-hydrogen) atoms. The first kappa shape index (κ1) is 26.2. The van der Waals surface area contributed by atoms with Crippen molar-refractivity contribution in [3.8, 4) is 5.75 Å². The third-order valence-corrected chi connectivity index (χ3v) is 7.10. The number of carbonyl (C=O) groups is 1. The van der Waals surface area contributed by atoms with E-state index >= 15 is 0 Å². The Morgan fingerprint density at radius 3 is 2.42 bits per heavy atom.